The van der Waals surface area contributed by atoms with Gasteiger partial charge < -0.3 is 0 Å². The Morgan fingerprint density at radius 2 is 1.54 bits per heavy atom. The first kappa shape index (κ1) is 24.3. The normalized spacial score (nSPS) is 19.4. The van der Waals surface area contributed by atoms with Crippen molar-refractivity contribution in [1.82, 2.24) is 20.5 Å². The Hall–Kier alpha value is -3.83. The fourth-order valence-corrected chi connectivity index (χ4v) is 5.13. The smallest absolute Gasteiger partial charge is 0.269 e. The van der Waals surface area contributed by atoms with E-state index >= 15 is 0 Å². The summed E-state index contributed by atoms with van der Waals surface area (Å²) in [5, 5.41) is 0. The van der Waals surface area contributed by atoms with Crippen LogP contribution < -0.4 is 15.6 Å². The van der Waals surface area contributed by atoms with E-state index < -0.39 is 52.0 Å². The number of fused-ring (bicyclic) bond motifs is 1. The van der Waals surface area contributed by atoms with Crippen LogP contribution >= 0.6 is 0 Å². The van der Waals surface area contributed by atoms with Gasteiger partial charge in [0.1, 0.15) is 6.54 Å². The van der Waals surface area contributed by atoms with E-state index in [9.17, 15) is 27.6 Å². The highest BCUT2D eigenvalue weighted by molar-refractivity contribution is 7.89. The van der Waals surface area contributed by atoms with Gasteiger partial charge in [0.2, 0.25) is 21.8 Å². The predicted octanol–water partition coefficient (Wildman–Crippen LogP) is 0.877. The summed E-state index contributed by atoms with van der Waals surface area (Å²) in [6, 6.07) is 14.3. The average molecular weight is 497 g/mol. The zero-order valence-electron chi connectivity index (χ0n) is 18.6. The molecule has 0 radical (unpaired) electrons. The quantitative estimate of drug-likeness (QED) is 0.295. The molecule has 1 saturated heterocycles. The molecular formula is C24H24N4O6S. The van der Waals surface area contributed by atoms with Crippen molar-refractivity contribution < 1.29 is 27.6 Å². The molecule has 1 heterocycles. The van der Waals surface area contributed by atoms with Crippen LogP contribution in [0.15, 0.2) is 71.6 Å². The molecule has 0 unspecified atom stereocenters. The van der Waals surface area contributed by atoms with Crippen LogP contribution in [0.3, 0.4) is 0 Å². The molecule has 0 aromatic heterocycles. The predicted molar refractivity (Wildman–Crippen MR) is 125 cm³/mol. The number of nitrogens with zero attached hydrogens (tertiary/aromatic N) is 1. The summed E-state index contributed by atoms with van der Waals surface area (Å²) in [5.74, 6) is -3.20. The Balaban J connectivity index is 1.33. The molecule has 0 saturated carbocycles. The van der Waals surface area contributed by atoms with Crippen LogP contribution in [-0.4, -0.2) is 43.5 Å². The van der Waals surface area contributed by atoms with Crippen molar-refractivity contribution in [3.05, 3.63) is 77.9 Å². The van der Waals surface area contributed by atoms with E-state index in [1.165, 1.54) is 24.3 Å². The van der Waals surface area contributed by atoms with Crippen molar-refractivity contribution in [2.75, 3.05) is 6.54 Å². The second-order valence-electron chi connectivity index (χ2n) is 8.26. The number of carbonyl (C=O) groups is 4. The number of nitrogens with one attached hydrogen (secondary N) is 3. The molecule has 10 nitrogen and oxygen atoms in total. The molecule has 1 fully saturated rings. The molecule has 2 aromatic carbocycles. The third-order valence-corrected chi connectivity index (χ3v) is 7.33. The number of hydrogen-bond acceptors (Lipinski definition) is 6. The number of carbonyl (C=O) groups excluding carboxylic acids is 4. The lowest BCUT2D eigenvalue weighted by Crippen LogP contribution is -2.48. The third kappa shape index (κ3) is 5.47. The van der Waals surface area contributed by atoms with E-state index in [1.54, 1.807) is 24.3 Å². The zero-order valence-corrected chi connectivity index (χ0v) is 19.5. The van der Waals surface area contributed by atoms with Gasteiger partial charge in [-0.05, 0) is 36.6 Å². The van der Waals surface area contributed by atoms with Crippen molar-refractivity contribution >= 4 is 33.7 Å². The van der Waals surface area contributed by atoms with Crippen LogP contribution in [0.1, 0.15) is 28.8 Å². The highest BCUT2D eigenvalue weighted by Crippen LogP contribution is 2.34. The van der Waals surface area contributed by atoms with Gasteiger partial charge >= 0.3 is 0 Å². The van der Waals surface area contributed by atoms with Crippen LogP contribution in [0.5, 0.6) is 0 Å². The highest BCUT2D eigenvalue weighted by Gasteiger charge is 2.47. The second-order valence-corrected chi connectivity index (χ2v) is 10.0. The minimum atomic E-state index is -3.89. The molecule has 0 bridgehead atoms. The number of likely N-dealkylation sites (tertiary alicyclic amines) is 1. The van der Waals surface area contributed by atoms with Crippen LogP contribution in [-0.2, 0) is 31.0 Å². The second kappa shape index (κ2) is 10.2. The van der Waals surface area contributed by atoms with Crippen LogP contribution in [0.2, 0.25) is 0 Å². The average Bonchev–Trinajstić information content (AvgIpc) is 3.11. The lowest BCUT2D eigenvalue weighted by Gasteiger charge is -2.15. The number of rotatable bonds is 7. The van der Waals surface area contributed by atoms with Gasteiger partial charge in [-0.1, -0.05) is 48.6 Å². The number of imide groups is 1. The summed E-state index contributed by atoms with van der Waals surface area (Å²) in [4.78, 5) is 50.5. The molecule has 2 aliphatic rings. The number of benzene rings is 2. The van der Waals surface area contributed by atoms with Gasteiger partial charge in [-0.2, -0.15) is 0 Å². The molecule has 0 spiro atoms. The van der Waals surface area contributed by atoms with Crippen molar-refractivity contribution in [3.63, 3.8) is 0 Å². The molecule has 182 valence electrons. The number of amides is 4. The summed E-state index contributed by atoms with van der Waals surface area (Å²) in [7, 11) is -3.89. The topological polar surface area (TPSA) is 142 Å². The van der Waals surface area contributed by atoms with Crippen LogP contribution in [0, 0.1) is 11.8 Å². The molecule has 11 heteroatoms. The monoisotopic (exact) mass is 496 g/mol. The van der Waals surface area contributed by atoms with Crippen LogP contribution in [0.25, 0.3) is 0 Å². The van der Waals surface area contributed by atoms with E-state index in [0.29, 0.717) is 12.8 Å². The van der Waals surface area contributed by atoms with E-state index in [0.717, 1.165) is 10.5 Å². The first-order valence-electron chi connectivity index (χ1n) is 11.0. The van der Waals surface area contributed by atoms with Gasteiger partial charge in [0.05, 0.1) is 16.7 Å². The Kier molecular flexibility index (Phi) is 7.08. The van der Waals surface area contributed by atoms with E-state index in [2.05, 4.69) is 15.6 Å². The Morgan fingerprint density at radius 3 is 2.20 bits per heavy atom. The van der Waals surface area contributed by atoms with Crippen molar-refractivity contribution in [2.24, 2.45) is 11.8 Å². The summed E-state index contributed by atoms with van der Waals surface area (Å²) < 4.78 is 27.7. The molecule has 4 amide bonds. The summed E-state index contributed by atoms with van der Waals surface area (Å²) in [5.41, 5.74) is 5.13. The van der Waals surface area contributed by atoms with E-state index in [4.69, 9.17) is 0 Å². The number of sulfonamides is 1. The van der Waals surface area contributed by atoms with Gasteiger partial charge in [0, 0.05) is 12.1 Å². The van der Waals surface area contributed by atoms with E-state index in [-0.39, 0.29) is 17.0 Å². The summed E-state index contributed by atoms with van der Waals surface area (Å²) >= 11 is 0. The molecule has 2 aromatic rings. The van der Waals surface area contributed by atoms with Crippen molar-refractivity contribution in [1.29, 1.82) is 0 Å². The molecular weight excluding hydrogens is 472 g/mol. The number of hydrazine groups is 1. The zero-order chi connectivity index (χ0) is 25.0. The summed E-state index contributed by atoms with van der Waals surface area (Å²) in [6.07, 6.45) is 4.62. The van der Waals surface area contributed by atoms with Gasteiger partial charge in [-0.25, -0.2) is 13.1 Å². The maximum atomic E-state index is 12.6. The summed E-state index contributed by atoms with van der Waals surface area (Å²) in [6.45, 7) is -0.426. The van der Waals surface area contributed by atoms with E-state index in [1.807, 2.05) is 18.2 Å². The molecule has 1 aliphatic heterocycles. The molecule has 4 rings (SSSR count). The third-order valence-electron chi connectivity index (χ3n) is 5.93. The SMILES string of the molecule is O=C(CN1C(=O)[C@@H]2CC=CC[C@H]2C1=O)NNC(=O)c1cccc(S(=O)(=O)NCc2ccccc2)c1. The Morgan fingerprint density at radius 1 is 0.886 bits per heavy atom. The van der Waals surface area contributed by atoms with Crippen molar-refractivity contribution in [3.8, 4) is 0 Å². The first-order valence-corrected chi connectivity index (χ1v) is 12.5. The largest absolute Gasteiger partial charge is 0.274 e. The highest BCUT2D eigenvalue weighted by atomic mass is 32.2. The van der Waals surface area contributed by atoms with Gasteiger partial charge in [-0.3, -0.25) is 34.9 Å². The molecule has 1 aliphatic carbocycles. The fraction of sp³-hybridized carbons (Fsp3) is 0.250. The lowest BCUT2D eigenvalue weighted by molar-refractivity contribution is -0.143. The molecule has 35 heavy (non-hydrogen) atoms. The minimum Gasteiger partial charge on any atom is -0.274 e. The number of allylic oxidation sites excluding steroid dienone is 2. The standard InChI is InChI=1S/C24H24N4O6S/c29-21(15-28-23(31)19-11-4-5-12-20(19)24(28)32)26-27-22(30)17-9-6-10-18(13-17)35(33,34)25-14-16-7-2-1-3-8-16/h1-10,13,19-20,25H,11-12,14-15H2,(H,26,29)(H,27,30)/t19-,20-/m1/s1. The Labute approximate surface area is 202 Å². The Bertz CT molecular complexity index is 1270. The van der Waals surface area contributed by atoms with Gasteiger partial charge in [-0.15, -0.1) is 0 Å². The molecule has 3 N–H and O–H groups in total. The number of hydrogen-bond donors (Lipinski definition) is 3. The fourth-order valence-electron chi connectivity index (χ4n) is 4.07. The lowest BCUT2D eigenvalue weighted by atomic mass is 9.85. The van der Waals surface area contributed by atoms with Gasteiger partial charge in [0.15, 0.2) is 0 Å². The van der Waals surface area contributed by atoms with Crippen molar-refractivity contribution in [2.45, 2.75) is 24.3 Å². The molecule has 2 atom stereocenters. The first-order chi connectivity index (χ1) is 16.8. The van der Waals surface area contributed by atoms with Crippen LogP contribution in [0.4, 0.5) is 0 Å². The maximum absolute atomic E-state index is 12.6. The minimum absolute atomic E-state index is 0.00157. The van der Waals surface area contributed by atoms with Gasteiger partial charge in [0.25, 0.3) is 11.8 Å². The maximum Gasteiger partial charge on any atom is 0.269 e.